The number of fused-ring (bicyclic) bond motifs is 1. The summed E-state index contributed by atoms with van der Waals surface area (Å²) < 4.78 is 5.78. The molecule has 2 aromatic carbocycles. The van der Waals surface area contributed by atoms with Crippen molar-refractivity contribution in [3.63, 3.8) is 0 Å². The van der Waals surface area contributed by atoms with Crippen LogP contribution in [0.2, 0.25) is 0 Å². The minimum atomic E-state index is 0.433. The van der Waals surface area contributed by atoms with E-state index in [4.69, 9.17) is 10.2 Å². The van der Waals surface area contributed by atoms with Gasteiger partial charge in [0, 0.05) is 10.9 Å². The lowest BCUT2D eigenvalue weighted by atomic mass is 10.0. The first-order chi connectivity index (χ1) is 8.38. The molecule has 2 N–H and O–H groups in total. The lowest BCUT2D eigenvalue weighted by Crippen LogP contribution is -1.92. The third-order valence-corrected chi connectivity index (χ3v) is 2.88. The molecule has 0 saturated carbocycles. The summed E-state index contributed by atoms with van der Waals surface area (Å²) in [5, 5.41) is 1.10. The van der Waals surface area contributed by atoms with Crippen LogP contribution < -0.4 is 5.73 Å². The first kappa shape index (κ1) is 10.1. The van der Waals surface area contributed by atoms with Gasteiger partial charge in [0.05, 0.1) is 6.54 Å². The lowest BCUT2D eigenvalue weighted by molar-refractivity contribution is 0.553. The zero-order valence-electron chi connectivity index (χ0n) is 9.39. The summed E-state index contributed by atoms with van der Waals surface area (Å²) in [6.45, 7) is 0.433. The highest BCUT2D eigenvalue weighted by Gasteiger charge is 2.08. The Bertz CT molecular complexity index is 640. The number of hydrogen-bond acceptors (Lipinski definition) is 2. The summed E-state index contributed by atoms with van der Waals surface area (Å²) in [5.74, 6) is 0.823. The molecule has 0 aliphatic rings. The van der Waals surface area contributed by atoms with Gasteiger partial charge in [-0.05, 0) is 11.6 Å². The van der Waals surface area contributed by atoms with Crippen LogP contribution in [0.15, 0.2) is 59.0 Å². The van der Waals surface area contributed by atoms with E-state index in [-0.39, 0.29) is 0 Å². The van der Waals surface area contributed by atoms with Crippen molar-refractivity contribution < 1.29 is 4.42 Å². The normalized spacial score (nSPS) is 10.9. The van der Waals surface area contributed by atoms with Crippen LogP contribution in [-0.2, 0) is 6.54 Å². The van der Waals surface area contributed by atoms with Crippen molar-refractivity contribution in [1.82, 2.24) is 0 Å². The molecule has 0 fully saturated rings. The van der Waals surface area contributed by atoms with Crippen molar-refractivity contribution in [3.05, 3.63) is 60.4 Å². The van der Waals surface area contributed by atoms with E-state index in [9.17, 15) is 0 Å². The van der Waals surface area contributed by atoms with Crippen molar-refractivity contribution in [2.45, 2.75) is 6.54 Å². The minimum absolute atomic E-state index is 0.433. The van der Waals surface area contributed by atoms with Crippen molar-refractivity contribution >= 4 is 11.0 Å². The minimum Gasteiger partial charge on any atom is -0.459 e. The predicted octanol–water partition coefficient (Wildman–Crippen LogP) is 3.56. The molecule has 1 aromatic heterocycles. The Kier molecular flexibility index (Phi) is 2.42. The zero-order chi connectivity index (χ0) is 11.7. The second-order valence-electron chi connectivity index (χ2n) is 4.01. The highest BCUT2D eigenvalue weighted by Crippen LogP contribution is 2.30. The van der Waals surface area contributed by atoms with E-state index in [2.05, 4.69) is 18.2 Å². The maximum Gasteiger partial charge on any atom is 0.142 e. The second kappa shape index (κ2) is 4.07. The molecular formula is C15H13NO. The van der Waals surface area contributed by atoms with Crippen molar-refractivity contribution in [3.8, 4) is 11.1 Å². The number of para-hydroxylation sites is 1. The van der Waals surface area contributed by atoms with Crippen molar-refractivity contribution in [1.29, 1.82) is 0 Å². The Balaban J connectivity index is 2.26. The fourth-order valence-corrected chi connectivity index (χ4v) is 2.06. The molecule has 84 valence electrons. The molecular weight excluding hydrogens is 210 g/mol. The standard InChI is InChI=1S/C15H13NO/c16-10-13-9-12-7-4-8-14(15(12)17-13)11-5-2-1-3-6-11/h1-9H,10,16H2. The van der Waals surface area contributed by atoms with Gasteiger partial charge < -0.3 is 10.2 Å². The Morgan fingerprint density at radius 2 is 1.76 bits per heavy atom. The number of benzene rings is 2. The van der Waals surface area contributed by atoms with Gasteiger partial charge in [-0.1, -0.05) is 48.5 Å². The summed E-state index contributed by atoms with van der Waals surface area (Å²) in [6, 6.07) is 18.4. The predicted molar refractivity (Wildman–Crippen MR) is 69.5 cm³/mol. The highest BCUT2D eigenvalue weighted by atomic mass is 16.3. The van der Waals surface area contributed by atoms with Gasteiger partial charge in [-0.3, -0.25) is 0 Å². The molecule has 2 heteroatoms. The van der Waals surface area contributed by atoms with E-state index < -0.39 is 0 Å². The van der Waals surface area contributed by atoms with Crippen LogP contribution >= 0.6 is 0 Å². The maximum absolute atomic E-state index is 5.78. The molecule has 17 heavy (non-hydrogen) atoms. The quantitative estimate of drug-likeness (QED) is 0.721. The van der Waals surface area contributed by atoms with E-state index in [1.165, 1.54) is 0 Å². The van der Waals surface area contributed by atoms with Gasteiger partial charge in [-0.25, -0.2) is 0 Å². The van der Waals surface area contributed by atoms with Gasteiger partial charge in [-0.2, -0.15) is 0 Å². The van der Waals surface area contributed by atoms with Crippen LogP contribution in [0, 0.1) is 0 Å². The first-order valence-electron chi connectivity index (χ1n) is 5.65. The fourth-order valence-electron chi connectivity index (χ4n) is 2.06. The zero-order valence-corrected chi connectivity index (χ0v) is 9.39. The maximum atomic E-state index is 5.78. The monoisotopic (exact) mass is 223 g/mol. The summed E-state index contributed by atoms with van der Waals surface area (Å²) in [5.41, 5.74) is 8.80. The molecule has 1 heterocycles. The van der Waals surface area contributed by atoms with Gasteiger partial charge >= 0.3 is 0 Å². The summed E-state index contributed by atoms with van der Waals surface area (Å²) in [6.07, 6.45) is 0. The molecule has 3 rings (SSSR count). The van der Waals surface area contributed by atoms with Gasteiger partial charge in [0.1, 0.15) is 11.3 Å². The topological polar surface area (TPSA) is 39.2 Å². The van der Waals surface area contributed by atoms with E-state index in [0.717, 1.165) is 27.9 Å². The third-order valence-electron chi connectivity index (χ3n) is 2.88. The molecule has 0 unspecified atom stereocenters. The highest BCUT2D eigenvalue weighted by molar-refractivity contribution is 5.92. The molecule has 3 aromatic rings. The average molecular weight is 223 g/mol. The van der Waals surface area contributed by atoms with Gasteiger partial charge in [0.2, 0.25) is 0 Å². The largest absolute Gasteiger partial charge is 0.459 e. The van der Waals surface area contributed by atoms with Crippen LogP contribution in [0.1, 0.15) is 5.76 Å². The molecule has 0 spiro atoms. The van der Waals surface area contributed by atoms with Gasteiger partial charge in [0.25, 0.3) is 0 Å². The smallest absolute Gasteiger partial charge is 0.142 e. The fraction of sp³-hybridized carbons (Fsp3) is 0.0667. The Morgan fingerprint density at radius 1 is 0.941 bits per heavy atom. The number of nitrogens with two attached hydrogens (primary N) is 1. The lowest BCUT2D eigenvalue weighted by Gasteiger charge is -2.01. The molecule has 0 aliphatic carbocycles. The molecule has 0 aliphatic heterocycles. The average Bonchev–Trinajstić information content (AvgIpc) is 2.82. The van der Waals surface area contributed by atoms with Crippen LogP contribution in [0.4, 0.5) is 0 Å². The van der Waals surface area contributed by atoms with Crippen LogP contribution in [0.25, 0.3) is 22.1 Å². The number of hydrogen-bond donors (Lipinski definition) is 1. The third kappa shape index (κ3) is 1.73. The van der Waals surface area contributed by atoms with E-state index >= 15 is 0 Å². The summed E-state index contributed by atoms with van der Waals surface area (Å²) >= 11 is 0. The van der Waals surface area contributed by atoms with Gasteiger partial charge in [0.15, 0.2) is 0 Å². The number of furan rings is 1. The SMILES string of the molecule is NCc1cc2cccc(-c3ccccc3)c2o1. The van der Waals surface area contributed by atoms with Crippen molar-refractivity contribution in [2.75, 3.05) is 0 Å². The summed E-state index contributed by atoms with van der Waals surface area (Å²) in [7, 11) is 0. The van der Waals surface area contributed by atoms with Crippen LogP contribution in [0.5, 0.6) is 0 Å². The Morgan fingerprint density at radius 3 is 2.53 bits per heavy atom. The van der Waals surface area contributed by atoms with Crippen LogP contribution in [-0.4, -0.2) is 0 Å². The molecule has 0 amide bonds. The van der Waals surface area contributed by atoms with Crippen LogP contribution in [0.3, 0.4) is 0 Å². The Labute approximate surface area is 99.7 Å². The summed E-state index contributed by atoms with van der Waals surface area (Å²) in [4.78, 5) is 0. The Hall–Kier alpha value is -2.06. The van der Waals surface area contributed by atoms with E-state index in [0.29, 0.717) is 6.54 Å². The molecule has 0 radical (unpaired) electrons. The first-order valence-corrected chi connectivity index (χ1v) is 5.65. The second-order valence-corrected chi connectivity index (χ2v) is 4.01. The number of rotatable bonds is 2. The van der Waals surface area contributed by atoms with Crippen molar-refractivity contribution in [2.24, 2.45) is 5.73 Å². The molecule has 0 bridgehead atoms. The molecule has 2 nitrogen and oxygen atoms in total. The van der Waals surface area contributed by atoms with E-state index in [1.54, 1.807) is 0 Å². The molecule has 0 atom stereocenters. The van der Waals surface area contributed by atoms with Gasteiger partial charge in [-0.15, -0.1) is 0 Å². The molecule has 0 saturated heterocycles. The van der Waals surface area contributed by atoms with E-state index in [1.807, 2.05) is 36.4 Å².